The monoisotopic (exact) mass is 220 g/mol. The molecule has 0 spiro atoms. The molecule has 0 saturated carbocycles. The third-order valence-corrected chi connectivity index (χ3v) is 2.89. The van der Waals surface area contributed by atoms with Gasteiger partial charge in [0.2, 0.25) is 0 Å². The summed E-state index contributed by atoms with van der Waals surface area (Å²) < 4.78 is 0. The van der Waals surface area contributed by atoms with Crippen molar-refractivity contribution < 1.29 is 4.84 Å². The lowest BCUT2D eigenvalue weighted by Gasteiger charge is -2.33. The summed E-state index contributed by atoms with van der Waals surface area (Å²) in [4.78, 5) is 7.97. The zero-order chi connectivity index (χ0) is 11.2. The molecule has 1 fully saturated rings. The third kappa shape index (κ3) is 3.30. The topological polar surface area (TPSA) is 15.7 Å². The molecule has 1 heterocycles. The second kappa shape index (κ2) is 5.99. The van der Waals surface area contributed by atoms with Gasteiger partial charge in [-0.1, -0.05) is 30.3 Å². The zero-order valence-corrected chi connectivity index (χ0v) is 9.93. The first-order valence-corrected chi connectivity index (χ1v) is 6.02. The largest absolute Gasteiger partial charge is 0.299 e. The summed E-state index contributed by atoms with van der Waals surface area (Å²) >= 11 is 0. The van der Waals surface area contributed by atoms with Gasteiger partial charge in [0.1, 0.15) is 0 Å². The molecule has 0 bridgehead atoms. The van der Waals surface area contributed by atoms with Crippen LogP contribution in [0.5, 0.6) is 0 Å². The smallest absolute Gasteiger partial charge is 0.0656 e. The molecule has 1 aromatic carbocycles. The number of hydrogen-bond donors (Lipinski definition) is 0. The lowest BCUT2D eigenvalue weighted by atomic mass is 10.2. The van der Waals surface area contributed by atoms with E-state index in [0.717, 1.165) is 39.3 Å². The SMILES string of the molecule is CCON1CCN(Cc2ccccc2)CC1. The Balaban J connectivity index is 1.77. The van der Waals surface area contributed by atoms with E-state index in [1.165, 1.54) is 5.56 Å². The van der Waals surface area contributed by atoms with E-state index < -0.39 is 0 Å². The van der Waals surface area contributed by atoms with E-state index in [1.807, 2.05) is 6.92 Å². The lowest BCUT2D eigenvalue weighted by Crippen LogP contribution is -2.45. The maximum absolute atomic E-state index is 5.49. The molecule has 3 nitrogen and oxygen atoms in total. The van der Waals surface area contributed by atoms with Crippen LogP contribution in [-0.4, -0.2) is 42.7 Å². The van der Waals surface area contributed by atoms with Gasteiger partial charge >= 0.3 is 0 Å². The van der Waals surface area contributed by atoms with E-state index in [2.05, 4.69) is 40.3 Å². The maximum Gasteiger partial charge on any atom is 0.0656 e. The Labute approximate surface area is 97.6 Å². The van der Waals surface area contributed by atoms with Crippen LogP contribution in [0.1, 0.15) is 12.5 Å². The van der Waals surface area contributed by atoms with E-state index in [0.29, 0.717) is 0 Å². The Morgan fingerprint density at radius 1 is 1.06 bits per heavy atom. The summed E-state index contributed by atoms with van der Waals surface area (Å²) in [6.07, 6.45) is 0. The fourth-order valence-corrected chi connectivity index (χ4v) is 2.04. The van der Waals surface area contributed by atoms with Gasteiger partial charge in [0.25, 0.3) is 0 Å². The molecule has 16 heavy (non-hydrogen) atoms. The molecule has 0 amide bonds. The third-order valence-electron chi connectivity index (χ3n) is 2.89. The molecule has 2 rings (SSSR count). The summed E-state index contributed by atoms with van der Waals surface area (Å²) in [5, 5.41) is 2.07. The standard InChI is InChI=1S/C13H20N2O/c1-2-16-15-10-8-14(9-11-15)12-13-6-4-3-5-7-13/h3-7H,2,8-12H2,1H3. The van der Waals surface area contributed by atoms with Crippen molar-refractivity contribution >= 4 is 0 Å². The van der Waals surface area contributed by atoms with Gasteiger partial charge in [-0.25, -0.2) is 0 Å². The molecule has 0 aliphatic carbocycles. The molecule has 0 N–H and O–H groups in total. The average Bonchev–Trinajstić information content (AvgIpc) is 2.33. The molecule has 0 aromatic heterocycles. The van der Waals surface area contributed by atoms with Gasteiger partial charge in [0.15, 0.2) is 0 Å². The first-order chi connectivity index (χ1) is 7.88. The Kier molecular flexibility index (Phi) is 4.34. The second-order valence-electron chi connectivity index (χ2n) is 4.11. The van der Waals surface area contributed by atoms with Crippen molar-refractivity contribution in [1.29, 1.82) is 0 Å². The van der Waals surface area contributed by atoms with Crippen molar-refractivity contribution in [2.24, 2.45) is 0 Å². The van der Waals surface area contributed by atoms with E-state index >= 15 is 0 Å². The Bertz CT molecular complexity index is 294. The fourth-order valence-electron chi connectivity index (χ4n) is 2.04. The maximum atomic E-state index is 5.49. The van der Waals surface area contributed by atoms with E-state index in [-0.39, 0.29) is 0 Å². The second-order valence-corrected chi connectivity index (χ2v) is 4.11. The minimum Gasteiger partial charge on any atom is -0.299 e. The number of rotatable bonds is 4. The van der Waals surface area contributed by atoms with Crippen molar-refractivity contribution in [1.82, 2.24) is 9.96 Å². The predicted molar refractivity (Wildman–Crippen MR) is 64.9 cm³/mol. The summed E-state index contributed by atoms with van der Waals surface area (Å²) in [7, 11) is 0. The Hall–Kier alpha value is -0.900. The predicted octanol–water partition coefficient (Wildman–Crippen LogP) is 1.76. The van der Waals surface area contributed by atoms with E-state index in [9.17, 15) is 0 Å². The summed E-state index contributed by atoms with van der Waals surface area (Å²) in [6.45, 7) is 8.08. The fraction of sp³-hybridized carbons (Fsp3) is 0.538. The highest BCUT2D eigenvalue weighted by atomic mass is 16.7. The van der Waals surface area contributed by atoms with Crippen LogP contribution in [0.25, 0.3) is 0 Å². The van der Waals surface area contributed by atoms with Crippen molar-refractivity contribution in [3.63, 3.8) is 0 Å². The molecule has 3 heteroatoms. The molecule has 1 saturated heterocycles. The minimum atomic E-state index is 0.776. The van der Waals surface area contributed by atoms with Gasteiger partial charge in [-0.05, 0) is 12.5 Å². The van der Waals surface area contributed by atoms with Crippen LogP contribution in [-0.2, 0) is 11.4 Å². The van der Waals surface area contributed by atoms with Crippen molar-refractivity contribution in [2.45, 2.75) is 13.5 Å². The summed E-state index contributed by atoms with van der Waals surface area (Å²) in [6, 6.07) is 10.7. The first kappa shape index (κ1) is 11.6. The molecule has 1 aliphatic rings. The molecule has 88 valence electrons. The van der Waals surface area contributed by atoms with Crippen molar-refractivity contribution in [2.75, 3.05) is 32.8 Å². The molecular formula is C13H20N2O. The molecule has 0 radical (unpaired) electrons. The van der Waals surface area contributed by atoms with Crippen LogP contribution >= 0.6 is 0 Å². The van der Waals surface area contributed by atoms with Gasteiger partial charge in [-0.15, -0.1) is 0 Å². The quantitative estimate of drug-likeness (QED) is 0.769. The highest BCUT2D eigenvalue weighted by Crippen LogP contribution is 2.08. The summed E-state index contributed by atoms with van der Waals surface area (Å²) in [5.41, 5.74) is 1.40. The van der Waals surface area contributed by atoms with Gasteiger partial charge in [0, 0.05) is 32.7 Å². The van der Waals surface area contributed by atoms with Crippen LogP contribution < -0.4 is 0 Å². The van der Waals surface area contributed by atoms with Crippen LogP contribution in [0.4, 0.5) is 0 Å². The van der Waals surface area contributed by atoms with Crippen LogP contribution in [0.3, 0.4) is 0 Å². The van der Waals surface area contributed by atoms with Gasteiger partial charge in [-0.2, -0.15) is 5.06 Å². The first-order valence-electron chi connectivity index (χ1n) is 6.02. The lowest BCUT2D eigenvalue weighted by molar-refractivity contribution is -0.173. The molecule has 0 unspecified atom stereocenters. The molecule has 0 atom stereocenters. The normalized spacial score (nSPS) is 18.8. The van der Waals surface area contributed by atoms with Crippen LogP contribution in [0, 0.1) is 0 Å². The average molecular weight is 220 g/mol. The number of hydroxylamine groups is 2. The molecule has 1 aliphatic heterocycles. The minimum absolute atomic E-state index is 0.776. The van der Waals surface area contributed by atoms with Gasteiger partial charge < -0.3 is 0 Å². The highest BCUT2D eigenvalue weighted by Gasteiger charge is 2.16. The number of nitrogens with zero attached hydrogens (tertiary/aromatic N) is 2. The van der Waals surface area contributed by atoms with Crippen molar-refractivity contribution in [3.05, 3.63) is 35.9 Å². The molecule has 1 aromatic rings. The highest BCUT2D eigenvalue weighted by molar-refractivity contribution is 5.14. The summed E-state index contributed by atoms with van der Waals surface area (Å²) in [5.74, 6) is 0. The van der Waals surface area contributed by atoms with Crippen molar-refractivity contribution in [3.8, 4) is 0 Å². The Morgan fingerprint density at radius 2 is 1.75 bits per heavy atom. The van der Waals surface area contributed by atoms with Crippen LogP contribution in [0.2, 0.25) is 0 Å². The number of benzene rings is 1. The molecular weight excluding hydrogens is 200 g/mol. The van der Waals surface area contributed by atoms with Gasteiger partial charge in [-0.3, -0.25) is 9.74 Å². The Morgan fingerprint density at radius 3 is 2.38 bits per heavy atom. The van der Waals surface area contributed by atoms with E-state index in [4.69, 9.17) is 4.84 Å². The zero-order valence-electron chi connectivity index (χ0n) is 9.93. The number of hydrogen-bond acceptors (Lipinski definition) is 3. The van der Waals surface area contributed by atoms with Gasteiger partial charge in [0.05, 0.1) is 6.61 Å². The van der Waals surface area contributed by atoms with Crippen LogP contribution in [0.15, 0.2) is 30.3 Å². The van der Waals surface area contributed by atoms with E-state index in [1.54, 1.807) is 0 Å². The number of piperazine rings is 1.